The van der Waals surface area contributed by atoms with Gasteiger partial charge >= 0.3 is 0 Å². The van der Waals surface area contributed by atoms with Crippen LogP contribution in [0.15, 0.2) is 34.8 Å². The Morgan fingerprint density at radius 3 is 2.00 bits per heavy atom. The third kappa shape index (κ3) is 2.05. The number of anilines is 4. The summed E-state index contributed by atoms with van der Waals surface area (Å²) in [5.74, 6) is 1.52. The Balaban J connectivity index is 1.89. The van der Waals surface area contributed by atoms with Crippen LogP contribution in [-0.4, -0.2) is 9.97 Å². The molecule has 2 aromatic carbocycles. The molecule has 21 heavy (non-hydrogen) atoms. The number of halogens is 1. The molecule has 4 rings (SSSR count). The number of benzene rings is 2. The fourth-order valence-corrected chi connectivity index (χ4v) is 2.83. The maximum Gasteiger partial charge on any atom is 0.174 e. The average molecular weight is 341 g/mol. The second kappa shape index (κ2) is 4.43. The van der Waals surface area contributed by atoms with Crippen LogP contribution in [0.3, 0.4) is 0 Å². The molecule has 0 saturated heterocycles. The molecule has 0 fully saturated rings. The monoisotopic (exact) mass is 340 g/mol. The molecule has 0 aliphatic carbocycles. The zero-order valence-corrected chi connectivity index (χ0v) is 13.2. The van der Waals surface area contributed by atoms with Crippen molar-refractivity contribution in [3.8, 4) is 0 Å². The van der Waals surface area contributed by atoms with Crippen LogP contribution in [0.4, 0.5) is 23.0 Å². The van der Waals surface area contributed by atoms with Gasteiger partial charge in [0.25, 0.3) is 0 Å². The topological polar surface area (TPSA) is 49.8 Å². The summed E-state index contributed by atoms with van der Waals surface area (Å²) in [5, 5.41) is 6.68. The van der Waals surface area contributed by atoms with E-state index in [-0.39, 0.29) is 0 Å². The third-order valence-electron chi connectivity index (χ3n) is 3.77. The molecule has 0 amide bonds. The van der Waals surface area contributed by atoms with Crippen LogP contribution in [0.1, 0.15) is 11.1 Å². The van der Waals surface area contributed by atoms with Crippen LogP contribution in [0.5, 0.6) is 0 Å². The maximum atomic E-state index is 4.69. The summed E-state index contributed by atoms with van der Waals surface area (Å²) in [6, 6.07) is 10.2. The van der Waals surface area contributed by atoms with Gasteiger partial charge in [0.05, 0.1) is 22.4 Å². The summed E-state index contributed by atoms with van der Waals surface area (Å²) in [5.41, 5.74) is 6.27. The van der Waals surface area contributed by atoms with E-state index in [1.807, 2.05) is 18.2 Å². The number of fused-ring (bicyclic) bond motifs is 3. The van der Waals surface area contributed by atoms with E-state index in [4.69, 9.17) is 9.97 Å². The molecule has 1 aliphatic rings. The van der Waals surface area contributed by atoms with Gasteiger partial charge in [-0.3, -0.25) is 0 Å². The molecule has 0 radical (unpaired) electrons. The second-order valence-electron chi connectivity index (χ2n) is 5.29. The lowest BCUT2D eigenvalue weighted by atomic mass is 10.1. The predicted octanol–water partition coefficient (Wildman–Crippen LogP) is 4.81. The first-order chi connectivity index (χ1) is 10.1. The Morgan fingerprint density at radius 2 is 1.38 bits per heavy atom. The average Bonchev–Trinajstić information content (AvgIpc) is 2.45. The second-order valence-corrected chi connectivity index (χ2v) is 6.20. The van der Waals surface area contributed by atoms with Gasteiger partial charge in [-0.25, -0.2) is 9.97 Å². The van der Waals surface area contributed by atoms with Crippen LogP contribution >= 0.6 is 15.9 Å². The zero-order valence-electron chi connectivity index (χ0n) is 11.7. The Bertz CT molecular complexity index is 889. The Labute approximate surface area is 130 Å². The SMILES string of the molecule is Cc1cc2nc3c(nc2cc1C)Nc1cc(Br)ccc1N3. The van der Waals surface area contributed by atoms with E-state index in [0.29, 0.717) is 0 Å². The number of nitrogens with zero attached hydrogens (tertiary/aromatic N) is 2. The Kier molecular flexibility index (Phi) is 2.65. The van der Waals surface area contributed by atoms with Gasteiger partial charge in [0.1, 0.15) is 0 Å². The summed E-state index contributed by atoms with van der Waals surface area (Å²) in [6.07, 6.45) is 0. The first kappa shape index (κ1) is 12.6. The highest BCUT2D eigenvalue weighted by Crippen LogP contribution is 2.38. The molecular weight excluding hydrogens is 328 g/mol. The number of hydrogen-bond acceptors (Lipinski definition) is 4. The lowest BCUT2D eigenvalue weighted by Crippen LogP contribution is -2.10. The molecule has 4 nitrogen and oxygen atoms in total. The van der Waals surface area contributed by atoms with Gasteiger partial charge in [-0.15, -0.1) is 0 Å². The van der Waals surface area contributed by atoms with Gasteiger partial charge in [0.2, 0.25) is 0 Å². The summed E-state index contributed by atoms with van der Waals surface area (Å²) >= 11 is 3.48. The summed E-state index contributed by atoms with van der Waals surface area (Å²) in [6.45, 7) is 4.18. The van der Waals surface area contributed by atoms with E-state index in [1.54, 1.807) is 0 Å². The molecule has 2 heterocycles. The van der Waals surface area contributed by atoms with Crippen molar-refractivity contribution in [2.75, 3.05) is 10.6 Å². The van der Waals surface area contributed by atoms with Gasteiger partial charge in [-0.2, -0.15) is 0 Å². The standard InChI is InChI=1S/C16H13BrN4/c1-8-5-12-13(6-9(8)2)20-16-15(19-12)18-11-4-3-10(17)7-14(11)21-16/h3-7H,1-2H3,(H,18,19)(H,20,21). The molecule has 0 atom stereocenters. The van der Waals surface area contributed by atoms with Gasteiger partial charge in [0, 0.05) is 4.47 Å². The Morgan fingerprint density at radius 1 is 0.810 bits per heavy atom. The van der Waals surface area contributed by atoms with Gasteiger partial charge in [0.15, 0.2) is 11.6 Å². The van der Waals surface area contributed by atoms with Crippen molar-refractivity contribution in [1.29, 1.82) is 0 Å². The molecule has 104 valence electrons. The van der Waals surface area contributed by atoms with Crippen molar-refractivity contribution >= 4 is 50.0 Å². The van der Waals surface area contributed by atoms with E-state index in [0.717, 1.165) is 38.5 Å². The van der Waals surface area contributed by atoms with E-state index in [1.165, 1.54) is 11.1 Å². The molecule has 0 unspecified atom stereocenters. The molecule has 0 spiro atoms. The van der Waals surface area contributed by atoms with Crippen LogP contribution in [0.2, 0.25) is 0 Å². The first-order valence-electron chi connectivity index (χ1n) is 6.73. The first-order valence-corrected chi connectivity index (χ1v) is 7.52. The van der Waals surface area contributed by atoms with Crippen LogP contribution in [0.25, 0.3) is 11.0 Å². The molecule has 1 aromatic heterocycles. The zero-order chi connectivity index (χ0) is 14.6. The fourth-order valence-electron chi connectivity index (χ4n) is 2.47. The molecule has 1 aliphatic heterocycles. The van der Waals surface area contributed by atoms with E-state index in [9.17, 15) is 0 Å². The lowest BCUT2D eigenvalue weighted by molar-refractivity contribution is 1.23. The van der Waals surface area contributed by atoms with Crippen molar-refractivity contribution in [3.63, 3.8) is 0 Å². The van der Waals surface area contributed by atoms with Gasteiger partial charge in [-0.1, -0.05) is 15.9 Å². The van der Waals surface area contributed by atoms with E-state index >= 15 is 0 Å². The minimum absolute atomic E-state index is 0.761. The number of aryl methyl sites for hydroxylation is 2. The molecule has 0 bridgehead atoms. The van der Waals surface area contributed by atoms with E-state index in [2.05, 4.69) is 52.5 Å². The maximum absolute atomic E-state index is 4.69. The lowest BCUT2D eigenvalue weighted by Gasteiger charge is -2.22. The predicted molar refractivity (Wildman–Crippen MR) is 89.7 cm³/mol. The van der Waals surface area contributed by atoms with E-state index < -0.39 is 0 Å². The molecule has 0 saturated carbocycles. The van der Waals surface area contributed by atoms with Crippen molar-refractivity contribution in [1.82, 2.24) is 9.97 Å². The van der Waals surface area contributed by atoms with Crippen LogP contribution < -0.4 is 10.6 Å². The van der Waals surface area contributed by atoms with Crippen molar-refractivity contribution in [2.24, 2.45) is 0 Å². The third-order valence-corrected chi connectivity index (χ3v) is 4.26. The van der Waals surface area contributed by atoms with Gasteiger partial charge in [-0.05, 0) is 55.3 Å². The fraction of sp³-hybridized carbons (Fsp3) is 0.125. The Hall–Kier alpha value is -2.14. The number of hydrogen-bond donors (Lipinski definition) is 2. The molecule has 2 N–H and O–H groups in total. The van der Waals surface area contributed by atoms with Crippen molar-refractivity contribution < 1.29 is 0 Å². The highest BCUT2D eigenvalue weighted by atomic mass is 79.9. The van der Waals surface area contributed by atoms with Crippen molar-refractivity contribution in [3.05, 3.63) is 45.9 Å². The minimum Gasteiger partial charge on any atom is -0.335 e. The number of rotatable bonds is 0. The van der Waals surface area contributed by atoms with Crippen LogP contribution in [0, 0.1) is 13.8 Å². The highest BCUT2D eigenvalue weighted by Gasteiger charge is 2.18. The number of aromatic nitrogens is 2. The summed E-state index contributed by atoms with van der Waals surface area (Å²) < 4.78 is 1.03. The summed E-state index contributed by atoms with van der Waals surface area (Å²) in [4.78, 5) is 9.39. The van der Waals surface area contributed by atoms with Crippen LogP contribution in [-0.2, 0) is 0 Å². The molecule has 5 heteroatoms. The smallest absolute Gasteiger partial charge is 0.174 e. The quantitative estimate of drug-likeness (QED) is 0.482. The van der Waals surface area contributed by atoms with Gasteiger partial charge < -0.3 is 10.6 Å². The number of nitrogens with one attached hydrogen (secondary N) is 2. The van der Waals surface area contributed by atoms with Crippen molar-refractivity contribution in [2.45, 2.75) is 13.8 Å². The molecule has 3 aromatic rings. The summed E-state index contributed by atoms with van der Waals surface area (Å²) in [7, 11) is 0. The minimum atomic E-state index is 0.761. The highest BCUT2D eigenvalue weighted by molar-refractivity contribution is 9.10. The largest absolute Gasteiger partial charge is 0.335 e. The normalized spacial score (nSPS) is 12.3. The molecular formula is C16H13BrN4.